The van der Waals surface area contributed by atoms with E-state index >= 15 is 0 Å². The van der Waals surface area contributed by atoms with Crippen molar-refractivity contribution in [2.75, 3.05) is 23.7 Å². The Kier molecular flexibility index (Phi) is 5.44. The molecule has 0 atom stereocenters. The van der Waals surface area contributed by atoms with Crippen molar-refractivity contribution in [1.82, 2.24) is 9.97 Å². The van der Waals surface area contributed by atoms with Crippen LogP contribution < -0.4 is 10.6 Å². The van der Waals surface area contributed by atoms with Crippen LogP contribution in [0.5, 0.6) is 0 Å². The summed E-state index contributed by atoms with van der Waals surface area (Å²) in [5.41, 5.74) is 0. The lowest BCUT2D eigenvalue weighted by atomic mass is 10.3. The van der Waals surface area contributed by atoms with Gasteiger partial charge in [-0.25, -0.2) is 4.98 Å². The van der Waals surface area contributed by atoms with Crippen molar-refractivity contribution in [3.63, 3.8) is 0 Å². The fourth-order valence-corrected chi connectivity index (χ4v) is 1.29. The summed E-state index contributed by atoms with van der Waals surface area (Å²) < 4.78 is 0. The van der Waals surface area contributed by atoms with Crippen LogP contribution in [0.25, 0.3) is 0 Å². The summed E-state index contributed by atoms with van der Waals surface area (Å²) in [6.45, 7) is 3.39. The molecule has 0 aromatic carbocycles. The molecule has 0 unspecified atom stereocenters. The summed E-state index contributed by atoms with van der Waals surface area (Å²) in [4.78, 5) is 8.24. The molecule has 16 heavy (non-hydrogen) atoms. The van der Waals surface area contributed by atoms with Gasteiger partial charge in [-0.1, -0.05) is 30.9 Å². The third-order valence-corrected chi connectivity index (χ3v) is 2.07. The first kappa shape index (κ1) is 12.6. The van der Waals surface area contributed by atoms with Crippen molar-refractivity contribution >= 4 is 23.4 Å². The molecule has 0 amide bonds. The highest BCUT2D eigenvalue weighted by atomic mass is 35.5. The molecular weight excluding hydrogens is 224 g/mol. The van der Waals surface area contributed by atoms with Gasteiger partial charge in [-0.2, -0.15) is 4.98 Å². The van der Waals surface area contributed by atoms with Gasteiger partial charge in [0.25, 0.3) is 0 Å². The fourth-order valence-electron chi connectivity index (χ4n) is 1.11. The zero-order valence-corrected chi connectivity index (χ0v) is 10.0. The van der Waals surface area contributed by atoms with Crippen LogP contribution >= 0.6 is 11.6 Å². The molecule has 1 aromatic heterocycles. The number of unbranched alkanes of at least 4 members (excludes halogenated alkanes) is 1. The summed E-state index contributed by atoms with van der Waals surface area (Å²) >= 11 is 5.86. The summed E-state index contributed by atoms with van der Waals surface area (Å²) in [5, 5.41) is 6.46. The number of nitrogens with zero attached hydrogens (tertiary/aromatic N) is 2. The molecule has 0 fully saturated rings. The quantitative estimate of drug-likeness (QED) is 0.454. The van der Waals surface area contributed by atoms with E-state index in [0.29, 0.717) is 23.5 Å². The molecule has 0 aliphatic rings. The molecule has 1 rings (SSSR count). The van der Waals surface area contributed by atoms with Crippen LogP contribution in [0.15, 0.2) is 6.07 Å². The molecule has 0 bridgehead atoms. The Labute approximate surface area is 101 Å². The highest BCUT2D eigenvalue weighted by molar-refractivity contribution is 6.29. The summed E-state index contributed by atoms with van der Waals surface area (Å²) in [7, 11) is 0. The van der Waals surface area contributed by atoms with Gasteiger partial charge in [0.15, 0.2) is 0 Å². The number of nitrogens with one attached hydrogen (secondary N) is 2. The number of rotatable bonds is 6. The van der Waals surface area contributed by atoms with Gasteiger partial charge in [-0.3, -0.25) is 0 Å². The van der Waals surface area contributed by atoms with E-state index in [1.165, 1.54) is 0 Å². The average Bonchev–Trinajstić information content (AvgIpc) is 2.26. The Morgan fingerprint density at radius 2 is 2.25 bits per heavy atom. The molecule has 2 N–H and O–H groups in total. The molecule has 0 spiro atoms. The first-order valence-corrected chi connectivity index (χ1v) is 5.60. The molecule has 0 aliphatic heterocycles. The molecule has 1 heterocycles. The van der Waals surface area contributed by atoms with Crippen LogP contribution in [0.2, 0.25) is 5.15 Å². The van der Waals surface area contributed by atoms with Gasteiger partial charge in [-0.05, 0) is 6.42 Å². The van der Waals surface area contributed by atoms with Gasteiger partial charge in [0.1, 0.15) is 11.0 Å². The standard InChI is InChI=1S/C11H15ClN4/c1-3-5-7-13-10-8-9(12)15-11(16-10)14-6-4-2/h2,8H,3,5-7H2,1H3,(H2,13,14,15,16). The molecule has 4 nitrogen and oxygen atoms in total. The van der Waals surface area contributed by atoms with Crippen molar-refractivity contribution in [3.8, 4) is 12.3 Å². The highest BCUT2D eigenvalue weighted by Gasteiger charge is 2.01. The maximum absolute atomic E-state index is 5.86. The summed E-state index contributed by atoms with van der Waals surface area (Å²) in [5.74, 6) is 3.62. The largest absolute Gasteiger partial charge is 0.370 e. The second-order valence-corrected chi connectivity index (χ2v) is 3.62. The molecule has 5 heteroatoms. The lowest BCUT2D eigenvalue weighted by Gasteiger charge is -2.07. The van der Waals surface area contributed by atoms with E-state index in [9.17, 15) is 0 Å². The SMILES string of the molecule is C#CCNc1nc(Cl)cc(NCCCC)n1. The van der Waals surface area contributed by atoms with Crippen LogP contribution in [0, 0.1) is 12.3 Å². The molecular formula is C11H15ClN4. The van der Waals surface area contributed by atoms with Crippen LogP contribution in [0.1, 0.15) is 19.8 Å². The Hall–Kier alpha value is -1.47. The van der Waals surface area contributed by atoms with E-state index in [0.717, 1.165) is 19.4 Å². The van der Waals surface area contributed by atoms with Crippen molar-refractivity contribution in [2.45, 2.75) is 19.8 Å². The molecule has 0 aliphatic carbocycles. The van der Waals surface area contributed by atoms with Crippen molar-refractivity contribution in [2.24, 2.45) is 0 Å². The number of anilines is 2. The second kappa shape index (κ2) is 6.91. The van der Waals surface area contributed by atoms with Crippen LogP contribution in [0.4, 0.5) is 11.8 Å². The van der Waals surface area contributed by atoms with Crippen LogP contribution in [-0.4, -0.2) is 23.1 Å². The minimum atomic E-state index is 0.384. The van der Waals surface area contributed by atoms with E-state index in [-0.39, 0.29) is 0 Å². The van der Waals surface area contributed by atoms with Gasteiger partial charge in [0, 0.05) is 12.6 Å². The third kappa shape index (κ3) is 4.37. The normalized spacial score (nSPS) is 9.56. The predicted octanol–water partition coefficient (Wildman–Crippen LogP) is 2.39. The van der Waals surface area contributed by atoms with Gasteiger partial charge in [-0.15, -0.1) is 6.42 Å². The van der Waals surface area contributed by atoms with Gasteiger partial charge in [0.2, 0.25) is 5.95 Å². The van der Waals surface area contributed by atoms with E-state index < -0.39 is 0 Å². The van der Waals surface area contributed by atoms with Gasteiger partial charge in [0.05, 0.1) is 6.54 Å². The Balaban J connectivity index is 2.62. The number of halogens is 1. The Bertz CT molecular complexity index is 373. The van der Waals surface area contributed by atoms with Crippen molar-refractivity contribution < 1.29 is 0 Å². The van der Waals surface area contributed by atoms with E-state index in [4.69, 9.17) is 18.0 Å². The molecule has 1 aromatic rings. The van der Waals surface area contributed by atoms with E-state index in [1.807, 2.05) is 0 Å². The molecule has 86 valence electrons. The van der Waals surface area contributed by atoms with Crippen molar-refractivity contribution in [3.05, 3.63) is 11.2 Å². The maximum Gasteiger partial charge on any atom is 0.226 e. The number of terminal acetylenes is 1. The zero-order valence-electron chi connectivity index (χ0n) is 9.26. The monoisotopic (exact) mass is 238 g/mol. The Morgan fingerprint density at radius 3 is 2.94 bits per heavy atom. The summed E-state index contributed by atoms with van der Waals surface area (Å²) in [6.07, 6.45) is 7.36. The molecule has 0 saturated heterocycles. The smallest absolute Gasteiger partial charge is 0.226 e. The van der Waals surface area contributed by atoms with Gasteiger partial charge < -0.3 is 10.6 Å². The highest BCUT2D eigenvalue weighted by Crippen LogP contribution is 2.14. The van der Waals surface area contributed by atoms with E-state index in [2.05, 4.69) is 33.4 Å². The Morgan fingerprint density at radius 1 is 1.44 bits per heavy atom. The fraction of sp³-hybridized carbons (Fsp3) is 0.455. The van der Waals surface area contributed by atoms with Crippen LogP contribution in [-0.2, 0) is 0 Å². The minimum absolute atomic E-state index is 0.384. The molecule has 0 saturated carbocycles. The summed E-state index contributed by atoms with van der Waals surface area (Å²) in [6, 6.07) is 1.69. The second-order valence-electron chi connectivity index (χ2n) is 3.24. The maximum atomic E-state index is 5.86. The first-order chi connectivity index (χ1) is 7.76. The number of hydrogen-bond donors (Lipinski definition) is 2. The molecule has 0 radical (unpaired) electrons. The average molecular weight is 239 g/mol. The first-order valence-electron chi connectivity index (χ1n) is 5.22. The van der Waals surface area contributed by atoms with Crippen molar-refractivity contribution in [1.29, 1.82) is 0 Å². The third-order valence-electron chi connectivity index (χ3n) is 1.88. The zero-order chi connectivity index (χ0) is 11.8. The van der Waals surface area contributed by atoms with E-state index in [1.54, 1.807) is 6.07 Å². The predicted molar refractivity (Wildman–Crippen MR) is 67.8 cm³/mol. The minimum Gasteiger partial charge on any atom is -0.370 e. The lowest BCUT2D eigenvalue weighted by molar-refractivity contribution is 0.830. The van der Waals surface area contributed by atoms with Crippen LogP contribution in [0.3, 0.4) is 0 Å². The lowest BCUT2D eigenvalue weighted by Crippen LogP contribution is -2.08. The topological polar surface area (TPSA) is 49.8 Å². The number of aromatic nitrogens is 2. The number of hydrogen-bond acceptors (Lipinski definition) is 4. The van der Waals surface area contributed by atoms with Gasteiger partial charge >= 0.3 is 0 Å².